The maximum absolute atomic E-state index is 11.7. The molecule has 2 N–H and O–H groups in total. The van der Waals surface area contributed by atoms with Crippen LogP contribution in [0, 0.1) is 12.3 Å². The second kappa shape index (κ2) is 5.37. The van der Waals surface area contributed by atoms with Crippen molar-refractivity contribution < 1.29 is 14.3 Å². The van der Waals surface area contributed by atoms with Crippen LogP contribution < -0.4 is 10.5 Å². The number of hydrogen-bond acceptors (Lipinski definition) is 4. The average molecular weight is 233 g/mol. The van der Waals surface area contributed by atoms with Crippen LogP contribution in [0.25, 0.3) is 0 Å². The first-order valence-electron chi connectivity index (χ1n) is 5.03. The molecule has 0 bridgehead atoms. The highest BCUT2D eigenvalue weighted by Crippen LogP contribution is 2.25. The number of carbonyl (C=O) groups is 1. The molecule has 0 heterocycles. The van der Waals surface area contributed by atoms with Gasteiger partial charge in [-0.15, -0.1) is 12.3 Å². The Kier molecular flexibility index (Phi) is 4.13. The lowest BCUT2D eigenvalue weighted by Crippen LogP contribution is -2.45. The van der Waals surface area contributed by atoms with Crippen LogP contribution in [0.3, 0.4) is 0 Å². The molecule has 90 valence electrons. The van der Waals surface area contributed by atoms with E-state index in [9.17, 15) is 4.79 Å². The topological polar surface area (TPSA) is 61.6 Å². The van der Waals surface area contributed by atoms with Crippen LogP contribution in [0.2, 0.25) is 0 Å². The predicted molar refractivity (Wildman–Crippen MR) is 64.3 cm³/mol. The maximum atomic E-state index is 11.7. The molecule has 1 unspecified atom stereocenters. The second-order valence-corrected chi connectivity index (χ2v) is 3.57. The third-order valence-electron chi connectivity index (χ3n) is 2.54. The maximum Gasteiger partial charge on any atom is 0.331 e. The molecule has 0 saturated carbocycles. The molecule has 4 nitrogen and oxygen atoms in total. The zero-order valence-corrected chi connectivity index (χ0v) is 9.90. The van der Waals surface area contributed by atoms with Crippen molar-refractivity contribution in [1.82, 2.24) is 0 Å². The molecule has 0 saturated heterocycles. The SMILES string of the molecule is C#CCC(N)(C(=O)OC)c1ccc(OC)cc1. The Labute approximate surface area is 101 Å². The lowest BCUT2D eigenvalue weighted by atomic mass is 9.88. The summed E-state index contributed by atoms with van der Waals surface area (Å²) < 4.78 is 9.72. The zero-order chi connectivity index (χ0) is 12.9. The van der Waals surface area contributed by atoms with Crippen LogP contribution in [0.4, 0.5) is 0 Å². The summed E-state index contributed by atoms with van der Waals surface area (Å²) in [6, 6.07) is 6.84. The largest absolute Gasteiger partial charge is 0.497 e. The summed E-state index contributed by atoms with van der Waals surface area (Å²) in [5, 5.41) is 0. The number of benzene rings is 1. The number of nitrogens with two attached hydrogens (primary N) is 1. The number of esters is 1. The Morgan fingerprint density at radius 3 is 2.41 bits per heavy atom. The Hall–Kier alpha value is -1.99. The summed E-state index contributed by atoms with van der Waals surface area (Å²) in [6.45, 7) is 0. The first-order chi connectivity index (χ1) is 8.08. The molecule has 1 rings (SSSR count). The Bertz CT molecular complexity index is 433. The van der Waals surface area contributed by atoms with Crippen molar-refractivity contribution in [3.8, 4) is 18.1 Å². The fourth-order valence-corrected chi connectivity index (χ4v) is 1.52. The number of terminal acetylenes is 1. The second-order valence-electron chi connectivity index (χ2n) is 3.57. The van der Waals surface area contributed by atoms with Gasteiger partial charge < -0.3 is 15.2 Å². The van der Waals surface area contributed by atoms with E-state index in [1.165, 1.54) is 7.11 Å². The molecule has 17 heavy (non-hydrogen) atoms. The van der Waals surface area contributed by atoms with Crippen molar-refractivity contribution in [2.24, 2.45) is 5.73 Å². The van der Waals surface area contributed by atoms with Crippen molar-refractivity contribution in [2.45, 2.75) is 12.0 Å². The van der Waals surface area contributed by atoms with E-state index in [1.807, 2.05) is 0 Å². The number of methoxy groups -OCH3 is 2. The lowest BCUT2D eigenvalue weighted by molar-refractivity contribution is -0.147. The van der Waals surface area contributed by atoms with Gasteiger partial charge in [-0.05, 0) is 17.7 Å². The van der Waals surface area contributed by atoms with Crippen molar-refractivity contribution >= 4 is 5.97 Å². The minimum Gasteiger partial charge on any atom is -0.497 e. The first-order valence-corrected chi connectivity index (χ1v) is 5.03. The third-order valence-corrected chi connectivity index (χ3v) is 2.54. The van der Waals surface area contributed by atoms with Gasteiger partial charge in [-0.2, -0.15) is 0 Å². The fraction of sp³-hybridized carbons (Fsp3) is 0.308. The summed E-state index contributed by atoms with van der Waals surface area (Å²) in [7, 11) is 2.84. The minimum absolute atomic E-state index is 0.0754. The monoisotopic (exact) mass is 233 g/mol. The van der Waals surface area contributed by atoms with Gasteiger partial charge in [0.2, 0.25) is 0 Å². The molecule has 0 fully saturated rings. The number of ether oxygens (including phenoxy) is 2. The quantitative estimate of drug-likeness (QED) is 0.623. The number of hydrogen-bond donors (Lipinski definition) is 1. The summed E-state index contributed by atoms with van der Waals surface area (Å²) in [5.74, 6) is 2.52. The molecule has 0 spiro atoms. The summed E-state index contributed by atoms with van der Waals surface area (Å²) in [5.41, 5.74) is 5.31. The number of rotatable bonds is 4. The van der Waals surface area contributed by atoms with E-state index in [1.54, 1.807) is 31.4 Å². The van der Waals surface area contributed by atoms with Crippen LogP contribution in [-0.4, -0.2) is 20.2 Å². The van der Waals surface area contributed by atoms with Crippen molar-refractivity contribution in [3.63, 3.8) is 0 Å². The van der Waals surface area contributed by atoms with Gasteiger partial charge in [0.05, 0.1) is 14.2 Å². The molecule has 0 aliphatic heterocycles. The van der Waals surface area contributed by atoms with Gasteiger partial charge in [0.15, 0.2) is 5.54 Å². The Morgan fingerprint density at radius 1 is 1.41 bits per heavy atom. The van der Waals surface area contributed by atoms with Gasteiger partial charge in [-0.25, -0.2) is 4.79 Å². The van der Waals surface area contributed by atoms with Gasteiger partial charge in [-0.1, -0.05) is 12.1 Å². The molecule has 1 atom stereocenters. The first kappa shape index (κ1) is 13.1. The van der Waals surface area contributed by atoms with Crippen LogP contribution in [0.1, 0.15) is 12.0 Å². The molecule has 0 aliphatic carbocycles. The third kappa shape index (κ3) is 2.58. The smallest absolute Gasteiger partial charge is 0.331 e. The summed E-state index contributed by atoms with van der Waals surface area (Å²) in [4.78, 5) is 11.7. The molecule has 1 aromatic rings. The highest BCUT2D eigenvalue weighted by Gasteiger charge is 2.36. The fourth-order valence-electron chi connectivity index (χ4n) is 1.52. The van der Waals surface area contributed by atoms with E-state index < -0.39 is 11.5 Å². The van der Waals surface area contributed by atoms with E-state index in [-0.39, 0.29) is 6.42 Å². The van der Waals surface area contributed by atoms with Crippen LogP contribution >= 0.6 is 0 Å². The highest BCUT2D eigenvalue weighted by molar-refractivity contribution is 5.82. The van der Waals surface area contributed by atoms with Gasteiger partial charge in [0.1, 0.15) is 5.75 Å². The molecule has 1 aromatic carbocycles. The minimum atomic E-state index is -1.31. The molecular formula is C13H15NO3. The van der Waals surface area contributed by atoms with E-state index in [0.29, 0.717) is 11.3 Å². The predicted octanol–water partition coefficient (Wildman–Crippen LogP) is 1.05. The van der Waals surface area contributed by atoms with Gasteiger partial charge in [0, 0.05) is 6.42 Å². The normalized spacial score (nSPS) is 13.3. The molecule has 0 aliphatic rings. The van der Waals surface area contributed by atoms with Crippen LogP contribution in [0.5, 0.6) is 5.75 Å². The standard InChI is InChI=1S/C13H15NO3/c1-4-9-13(14,12(15)17-3)10-5-7-11(16-2)8-6-10/h1,5-8H,9,14H2,2-3H3. The molecule has 4 heteroatoms. The highest BCUT2D eigenvalue weighted by atomic mass is 16.5. The summed E-state index contributed by atoms with van der Waals surface area (Å²) in [6.07, 6.45) is 5.31. The van der Waals surface area contributed by atoms with E-state index in [0.717, 1.165) is 0 Å². The Morgan fingerprint density at radius 2 is 2.00 bits per heavy atom. The molecule has 0 aromatic heterocycles. The average Bonchev–Trinajstić information content (AvgIpc) is 2.38. The molecule has 0 radical (unpaired) electrons. The van der Waals surface area contributed by atoms with Crippen molar-refractivity contribution in [1.29, 1.82) is 0 Å². The van der Waals surface area contributed by atoms with Gasteiger partial charge >= 0.3 is 5.97 Å². The molecular weight excluding hydrogens is 218 g/mol. The zero-order valence-electron chi connectivity index (χ0n) is 9.90. The van der Waals surface area contributed by atoms with Crippen molar-refractivity contribution in [3.05, 3.63) is 29.8 Å². The van der Waals surface area contributed by atoms with E-state index in [4.69, 9.17) is 16.9 Å². The van der Waals surface area contributed by atoms with Crippen molar-refractivity contribution in [2.75, 3.05) is 14.2 Å². The van der Waals surface area contributed by atoms with Crippen LogP contribution in [-0.2, 0) is 15.1 Å². The van der Waals surface area contributed by atoms with Gasteiger partial charge in [0.25, 0.3) is 0 Å². The lowest BCUT2D eigenvalue weighted by Gasteiger charge is -2.24. The van der Waals surface area contributed by atoms with Crippen LogP contribution in [0.15, 0.2) is 24.3 Å². The molecule has 0 amide bonds. The van der Waals surface area contributed by atoms with Gasteiger partial charge in [-0.3, -0.25) is 0 Å². The van der Waals surface area contributed by atoms with E-state index in [2.05, 4.69) is 10.7 Å². The summed E-state index contributed by atoms with van der Waals surface area (Å²) >= 11 is 0. The Balaban J connectivity index is 3.14. The van der Waals surface area contributed by atoms with E-state index >= 15 is 0 Å². The number of carbonyl (C=O) groups excluding carboxylic acids is 1.